The number of carbonyl (C=O) groups excluding carboxylic acids is 1. The molecule has 1 aliphatic heterocycles. The van der Waals surface area contributed by atoms with Gasteiger partial charge in [0.25, 0.3) is 0 Å². The molecule has 21 heavy (non-hydrogen) atoms. The van der Waals surface area contributed by atoms with E-state index in [0.717, 1.165) is 30.8 Å². The third-order valence-corrected chi connectivity index (χ3v) is 4.60. The highest BCUT2D eigenvalue weighted by Crippen LogP contribution is 2.30. The molecule has 2 aliphatic rings. The maximum atomic E-state index is 12.5. The standard InChI is InChI=1S/C17H24N2O2/c1-21-15-8-9-16-13(11-15)5-4-10-19(16)17(20)12-18-14-6-2-3-7-14/h8-9,11,14,18H,2-7,10,12H2,1H3. The number of nitrogens with zero attached hydrogens (tertiary/aromatic N) is 1. The highest BCUT2D eigenvalue weighted by molar-refractivity contribution is 5.96. The molecule has 4 nitrogen and oxygen atoms in total. The minimum atomic E-state index is 0.188. The second-order valence-corrected chi connectivity index (χ2v) is 6.01. The van der Waals surface area contributed by atoms with Crippen LogP contribution in [0.1, 0.15) is 37.7 Å². The van der Waals surface area contributed by atoms with Gasteiger partial charge in [-0.1, -0.05) is 12.8 Å². The number of fused-ring (bicyclic) bond motifs is 1. The van der Waals surface area contributed by atoms with Crippen molar-refractivity contribution < 1.29 is 9.53 Å². The molecule has 0 bridgehead atoms. The van der Waals surface area contributed by atoms with Crippen LogP contribution in [0.5, 0.6) is 5.75 Å². The van der Waals surface area contributed by atoms with Gasteiger partial charge in [0.15, 0.2) is 0 Å². The topological polar surface area (TPSA) is 41.6 Å². The summed E-state index contributed by atoms with van der Waals surface area (Å²) in [5.41, 5.74) is 2.27. The Kier molecular flexibility index (Phi) is 4.44. The predicted molar refractivity (Wildman–Crippen MR) is 83.9 cm³/mol. The summed E-state index contributed by atoms with van der Waals surface area (Å²) in [6.45, 7) is 1.28. The Morgan fingerprint density at radius 2 is 2.14 bits per heavy atom. The van der Waals surface area contributed by atoms with Gasteiger partial charge in [-0.25, -0.2) is 0 Å². The predicted octanol–water partition coefficient (Wildman–Crippen LogP) is 2.51. The van der Waals surface area contributed by atoms with Crippen molar-refractivity contribution in [3.05, 3.63) is 23.8 Å². The first kappa shape index (κ1) is 14.4. The third kappa shape index (κ3) is 3.21. The quantitative estimate of drug-likeness (QED) is 0.925. The first-order valence-electron chi connectivity index (χ1n) is 7.98. The first-order chi connectivity index (χ1) is 10.3. The zero-order chi connectivity index (χ0) is 14.7. The minimum Gasteiger partial charge on any atom is -0.497 e. The number of methoxy groups -OCH3 is 1. The maximum Gasteiger partial charge on any atom is 0.240 e. The molecule has 1 aromatic carbocycles. The first-order valence-corrected chi connectivity index (χ1v) is 7.98. The molecular weight excluding hydrogens is 264 g/mol. The highest BCUT2D eigenvalue weighted by Gasteiger charge is 2.24. The summed E-state index contributed by atoms with van der Waals surface area (Å²) in [5, 5.41) is 3.42. The molecule has 0 atom stereocenters. The summed E-state index contributed by atoms with van der Waals surface area (Å²) >= 11 is 0. The number of anilines is 1. The number of carbonyl (C=O) groups is 1. The Hall–Kier alpha value is -1.55. The lowest BCUT2D eigenvalue weighted by molar-refractivity contribution is -0.118. The van der Waals surface area contributed by atoms with Gasteiger partial charge in [0.05, 0.1) is 13.7 Å². The lowest BCUT2D eigenvalue weighted by Crippen LogP contribution is -2.43. The normalized spacial score (nSPS) is 18.6. The minimum absolute atomic E-state index is 0.188. The molecule has 3 rings (SSSR count). The fourth-order valence-electron chi connectivity index (χ4n) is 3.42. The van der Waals surface area contributed by atoms with Crippen molar-refractivity contribution in [2.75, 3.05) is 25.1 Å². The van der Waals surface area contributed by atoms with Crippen molar-refractivity contribution in [3.63, 3.8) is 0 Å². The number of benzene rings is 1. The van der Waals surface area contributed by atoms with Crippen LogP contribution in [0.2, 0.25) is 0 Å². The van der Waals surface area contributed by atoms with Crippen molar-refractivity contribution in [1.29, 1.82) is 0 Å². The van der Waals surface area contributed by atoms with Crippen LogP contribution < -0.4 is 15.0 Å². The van der Waals surface area contributed by atoms with E-state index in [2.05, 4.69) is 11.4 Å². The molecule has 1 N–H and O–H groups in total. The molecule has 1 aromatic rings. The van der Waals surface area contributed by atoms with E-state index in [0.29, 0.717) is 12.6 Å². The van der Waals surface area contributed by atoms with Crippen LogP contribution in [0.15, 0.2) is 18.2 Å². The fourth-order valence-corrected chi connectivity index (χ4v) is 3.42. The van der Waals surface area contributed by atoms with Gasteiger partial charge in [0, 0.05) is 18.3 Å². The largest absolute Gasteiger partial charge is 0.497 e. The molecule has 1 amide bonds. The number of aryl methyl sites for hydroxylation is 1. The Labute approximate surface area is 126 Å². The van der Waals surface area contributed by atoms with E-state index in [9.17, 15) is 4.79 Å². The molecule has 4 heteroatoms. The third-order valence-electron chi connectivity index (χ3n) is 4.60. The van der Waals surface area contributed by atoms with E-state index < -0.39 is 0 Å². The highest BCUT2D eigenvalue weighted by atomic mass is 16.5. The van der Waals surface area contributed by atoms with Crippen molar-refractivity contribution in [3.8, 4) is 5.75 Å². The van der Waals surface area contributed by atoms with Crippen LogP contribution in [0.25, 0.3) is 0 Å². The molecule has 0 aromatic heterocycles. The Balaban J connectivity index is 1.67. The van der Waals surface area contributed by atoms with Gasteiger partial charge < -0.3 is 15.0 Å². The zero-order valence-electron chi connectivity index (χ0n) is 12.7. The summed E-state index contributed by atoms with van der Waals surface area (Å²) in [6, 6.07) is 6.54. The van der Waals surface area contributed by atoms with Crippen LogP contribution >= 0.6 is 0 Å². The van der Waals surface area contributed by atoms with Crippen LogP contribution in [0.4, 0.5) is 5.69 Å². The van der Waals surface area contributed by atoms with Gasteiger partial charge in [-0.3, -0.25) is 4.79 Å². The van der Waals surface area contributed by atoms with Gasteiger partial charge in [-0.15, -0.1) is 0 Å². The number of amides is 1. The van der Waals surface area contributed by atoms with Crippen molar-refractivity contribution in [2.24, 2.45) is 0 Å². The van der Waals surface area contributed by atoms with Crippen molar-refractivity contribution in [2.45, 2.75) is 44.6 Å². The molecule has 0 unspecified atom stereocenters. The van der Waals surface area contributed by atoms with Crippen LogP contribution in [-0.2, 0) is 11.2 Å². The van der Waals surface area contributed by atoms with Crippen LogP contribution in [0.3, 0.4) is 0 Å². The molecule has 1 fully saturated rings. The van der Waals surface area contributed by atoms with E-state index in [4.69, 9.17) is 4.74 Å². The van der Waals surface area contributed by atoms with Gasteiger partial charge in [-0.05, 0) is 49.4 Å². The van der Waals surface area contributed by atoms with E-state index in [1.807, 2.05) is 17.0 Å². The molecule has 1 heterocycles. The number of rotatable bonds is 4. The summed E-state index contributed by atoms with van der Waals surface area (Å²) in [5.74, 6) is 1.06. The van der Waals surface area contributed by atoms with Gasteiger partial charge >= 0.3 is 0 Å². The second-order valence-electron chi connectivity index (χ2n) is 6.01. The van der Waals surface area contributed by atoms with Crippen LogP contribution in [-0.4, -0.2) is 32.1 Å². The van der Waals surface area contributed by atoms with Crippen molar-refractivity contribution >= 4 is 11.6 Å². The summed E-state index contributed by atoms with van der Waals surface area (Å²) in [4.78, 5) is 14.4. The molecule has 1 saturated carbocycles. The maximum absolute atomic E-state index is 12.5. The SMILES string of the molecule is COc1ccc2c(c1)CCCN2C(=O)CNC1CCCC1. The zero-order valence-corrected chi connectivity index (χ0v) is 12.7. The summed E-state index contributed by atoms with van der Waals surface area (Å²) in [6.07, 6.45) is 7.04. The van der Waals surface area contributed by atoms with Crippen LogP contribution in [0, 0.1) is 0 Å². The van der Waals surface area contributed by atoms with Crippen molar-refractivity contribution in [1.82, 2.24) is 5.32 Å². The average Bonchev–Trinajstić information content (AvgIpc) is 3.04. The molecular formula is C17H24N2O2. The number of hydrogen-bond donors (Lipinski definition) is 1. The molecule has 0 spiro atoms. The smallest absolute Gasteiger partial charge is 0.240 e. The monoisotopic (exact) mass is 288 g/mol. The van der Waals surface area contributed by atoms with Gasteiger partial charge in [0.2, 0.25) is 5.91 Å². The Morgan fingerprint density at radius 3 is 2.90 bits per heavy atom. The Morgan fingerprint density at radius 1 is 1.33 bits per heavy atom. The lowest BCUT2D eigenvalue weighted by Gasteiger charge is -2.30. The number of hydrogen-bond acceptors (Lipinski definition) is 3. The number of ether oxygens (including phenoxy) is 1. The lowest BCUT2D eigenvalue weighted by atomic mass is 10.0. The fraction of sp³-hybridized carbons (Fsp3) is 0.588. The summed E-state index contributed by atoms with van der Waals surface area (Å²) < 4.78 is 5.28. The molecule has 1 aliphatic carbocycles. The molecule has 0 radical (unpaired) electrons. The van der Waals surface area contributed by atoms with E-state index in [-0.39, 0.29) is 5.91 Å². The van der Waals surface area contributed by atoms with E-state index in [1.54, 1.807) is 7.11 Å². The van der Waals surface area contributed by atoms with Gasteiger partial charge in [0.1, 0.15) is 5.75 Å². The number of nitrogens with one attached hydrogen (secondary N) is 1. The van der Waals surface area contributed by atoms with Gasteiger partial charge in [-0.2, -0.15) is 0 Å². The van der Waals surface area contributed by atoms with E-state index in [1.165, 1.54) is 31.2 Å². The van der Waals surface area contributed by atoms with E-state index >= 15 is 0 Å². The summed E-state index contributed by atoms with van der Waals surface area (Å²) in [7, 11) is 1.68. The second kappa shape index (κ2) is 6.48. The molecule has 0 saturated heterocycles. The Bertz CT molecular complexity index is 510. The molecule has 114 valence electrons. The average molecular weight is 288 g/mol.